The monoisotopic (exact) mass is 201 g/mol. The van der Waals surface area contributed by atoms with Crippen LogP contribution in [0, 0.1) is 17.3 Å². The van der Waals surface area contributed by atoms with Gasteiger partial charge in [-0.25, -0.2) is 5.48 Å². The van der Waals surface area contributed by atoms with E-state index in [2.05, 4.69) is 5.48 Å². The maximum absolute atomic E-state index is 11.4. The molecule has 5 heteroatoms. The van der Waals surface area contributed by atoms with Gasteiger partial charge in [0.15, 0.2) is 0 Å². The zero-order chi connectivity index (χ0) is 10.9. The molecule has 0 aromatic rings. The number of nitrogens with one attached hydrogen (secondary N) is 1. The summed E-state index contributed by atoms with van der Waals surface area (Å²) in [6.07, 6.45) is 0. The molecule has 0 bridgehead atoms. The van der Waals surface area contributed by atoms with Gasteiger partial charge in [0, 0.05) is 0 Å². The molecule has 1 fully saturated rings. The van der Waals surface area contributed by atoms with Gasteiger partial charge in [0.25, 0.3) is 0 Å². The first-order chi connectivity index (χ1) is 6.42. The number of carboxylic acids is 1. The maximum Gasteiger partial charge on any atom is 0.307 e. The number of carboxylic acid groups (broad SMARTS) is 1. The molecule has 0 heterocycles. The van der Waals surface area contributed by atoms with E-state index in [9.17, 15) is 9.59 Å². The van der Waals surface area contributed by atoms with E-state index in [0.29, 0.717) is 6.61 Å². The Labute approximate surface area is 82.4 Å². The summed E-state index contributed by atoms with van der Waals surface area (Å²) in [5, 5.41) is 8.81. The van der Waals surface area contributed by atoms with Gasteiger partial charge in [-0.05, 0) is 12.3 Å². The summed E-state index contributed by atoms with van der Waals surface area (Å²) in [7, 11) is 0. The Morgan fingerprint density at radius 1 is 1.43 bits per heavy atom. The fourth-order valence-electron chi connectivity index (χ4n) is 1.79. The summed E-state index contributed by atoms with van der Waals surface area (Å²) in [4.78, 5) is 26.9. The van der Waals surface area contributed by atoms with Crippen LogP contribution in [0.15, 0.2) is 0 Å². The van der Waals surface area contributed by atoms with Gasteiger partial charge >= 0.3 is 5.97 Å². The van der Waals surface area contributed by atoms with E-state index in [4.69, 9.17) is 9.94 Å². The molecule has 0 aliphatic heterocycles. The molecule has 1 amide bonds. The molecule has 0 spiro atoms. The highest BCUT2D eigenvalue weighted by molar-refractivity contribution is 5.91. The van der Waals surface area contributed by atoms with Crippen molar-refractivity contribution >= 4 is 11.9 Å². The molecule has 1 rings (SSSR count). The Bertz CT molecular complexity index is 262. The Morgan fingerprint density at radius 3 is 2.36 bits per heavy atom. The van der Waals surface area contributed by atoms with E-state index in [1.54, 1.807) is 20.8 Å². The van der Waals surface area contributed by atoms with Gasteiger partial charge in [0.1, 0.15) is 0 Å². The Morgan fingerprint density at radius 2 is 2.00 bits per heavy atom. The lowest BCUT2D eigenvalue weighted by atomic mass is 10.1. The van der Waals surface area contributed by atoms with Crippen molar-refractivity contribution in [1.82, 2.24) is 5.48 Å². The molecule has 1 saturated carbocycles. The van der Waals surface area contributed by atoms with Crippen LogP contribution in [0.1, 0.15) is 20.8 Å². The van der Waals surface area contributed by atoms with Crippen LogP contribution in [0.4, 0.5) is 0 Å². The van der Waals surface area contributed by atoms with Gasteiger partial charge in [0.2, 0.25) is 5.91 Å². The highest BCUT2D eigenvalue weighted by Gasteiger charge is 2.66. The maximum atomic E-state index is 11.4. The SMILES string of the molecule is CCONC(=O)C1C(C(=O)O)C1(C)C. The van der Waals surface area contributed by atoms with Crippen molar-refractivity contribution in [1.29, 1.82) is 0 Å². The molecule has 0 aromatic carbocycles. The van der Waals surface area contributed by atoms with Gasteiger partial charge in [-0.3, -0.25) is 14.4 Å². The number of carbonyl (C=O) groups is 2. The summed E-state index contributed by atoms with van der Waals surface area (Å²) >= 11 is 0. The highest BCUT2D eigenvalue weighted by atomic mass is 16.6. The molecule has 2 unspecified atom stereocenters. The largest absolute Gasteiger partial charge is 0.481 e. The van der Waals surface area contributed by atoms with Crippen molar-refractivity contribution in [3.8, 4) is 0 Å². The lowest BCUT2D eigenvalue weighted by Gasteiger charge is -2.03. The zero-order valence-corrected chi connectivity index (χ0v) is 8.53. The van der Waals surface area contributed by atoms with Crippen LogP contribution in [0.5, 0.6) is 0 Å². The molecule has 2 atom stereocenters. The van der Waals surface area contributed by atoms with Crippen LogP contribution in [0.3, 0.4) is 0 Å². The minimum absolute atomic E-state index is 0.343. The van der Waals surface area contributed by atoms with Crippen molar-refractivity contribution < 1.29 is 19.5 Å². The van der Waals surface area contributed by atoms with Crippen LogP contribution < -0.4 is 5.48 Å². The number of hydrogen-bond acceptors (Lipinski definition) is 3. The fourth-order valence-corrected chi connectivity index (χ4v) is 1.79. The van der Waals surface area contributed by atoms with E-state index in [1.165, 1.54) is 0 Å². The number of amides is 1. The van der Waals surface area contributed by atoms with Gasteiger partial charge in [0.05, 0.1) is 18.4 Å². The van der Waals surface area contributed by atoms with Gasteiger partial charge < -0.3 is 5.11 Å². The minimum Gasteiger partial charge on any atom is -0.481 e. The molecule has 0 saturated heterocycles. The molecule has 2 N–H and O–H groups in total. The number of carbonyl (C=O) groups excluding carboxylic acids is 1. The number of rotatable bonds is 4. The zero-order valence-electron chi connectivity index (χ0n) is 8.53. The lowest BCUT2D eigenvalue weighted by molar-refractivity contribution is -0.142. The molecular weight excluding hydrogens is 186 g/mol. The number of aliphatic carboxylic acids is 1. The second-order valence-corrected chi connectivity index (χ2v) is 4.01. The third kappa shape index (κ3) is 1.72. The summed E-state index contributed by atoms with van der Waals surface area (Å²) in [6, 6.07) is 0. The van der Waals surface area contributed by atoms with Gasteiger partial charge in [-0.1, -0.05) is 13.8 Å². The summed E-state index contributed by atoms with van der Waals surface area (Å²) in [6.45, 7) is 5.65. The third-order valence-corrected chi connectivity index (χ3v) is 2.69. The molecule has 1 aliphatic carbocycles. The van der Waals surface area contributed by atoms with Gasteiger partial charge in [-0.15, -0.1) is 0 Å². The molecule has 80 valence electrons. The Hall–Kier alpha value is -1.10. The molecule has 0 aromatic heterocycles. The quantitative estimate of drug-likeness (QED) is 0.646. The lowest BCUT2D eigenvalue weighted by Crippen LogP contribution is -2.27. The molecule has 14 heavy (non-hydrogen) atoms. The first-order valence-corrected chi connectivity index (χ1v) is 4.57. The van der Waals surface area contributed by atoms with Crippen LogP contribution in [-0.2, 0) is 14.4 Å². The van der Waals surface area contributed by atoms with E-state index in [0.717, 1.165) is 0 Å². The van der Waals surface area contributed by atoms with Crippen molar-refractivity contribution in [2.45, 2.75) is 20.8 Å². The smallest absolute Gasteiger partial charge is 0.307 e. The predicted octanol–water partition coefficient (Wildman–Crippen LogP) is 0.411. The van der Waals surface area contributed by atoms with E-state index in [1.807, 2.05) is 0 Å². The van der Waals surface area contributed by atoms with Crippen LogP contribution in [-0.4, -0.2) is 23.6 Å². The second kappa shape index (κ2) is 3.57. The van der Waals surface area contributed by atoms with E-state index in [-0.39, 0.29) is 5.91 Å². The predicted molar refractivity (Wildman–Crippen MR) is 48.2 cm³/mol. The van der Waals surface area contributed by atoms with E-state index >= 15 is 0 Å². The molecule has 5 nitrogen and oxygen atoms in total. The summed E-state index contributed by atoms with van der Waals surface area (Å²) < 4.78 is 0. The molecule has 1 aliphatic rings. The highest BCUT2D eigenvalue weighted by Crippen LogP contribution is 2.58. The molecule has 0 radical (unpaired) electrons. The summed E-state index contributed by atoms with van der Waals surface area (Å²) in [5.74, 6) is -2.34. The first kappa shape index (κ1) is 11.0. The van der Waals surface area contributed by atoms with Crippen molar-refractivity contribution in [2.24, 2.45) is 17.3 Å². The molecular formula is C9H15NO4. The second-order valence-electron chi connectivity index (χ2n) is 4.01. The van der Waals surface area contributed by atoms with Crippen LogP contribution in [0.2, 0.25) is 0 Å². The average molecular weight is 201 g/mol. The van der Waals surface area contributed by atoms with Crippen LogP contribution >= 0.6 is 0 Å². The first-order valence-electron chi connectivity index (χ1n) is 4.57. The third-order valence-electron chi connectivity index (χ3n) is 2.69. The van der Waals surface area contributed by atoms with Crippen LogP contribution in [0.25, 0.3) is 0 Å². The van der Waals surface area contributed by atoms with Crippen molar-refractivity contribution in [3.05, 3.63) is 0 Å². The fraction of sp³-hybridized carbons (Fsp3) is 0.778. The Kier molecular flexibility index (Phi) is 2.80. The van der Waals surface area contributed by atoms with Crippen molar-refractivity contribution in [3.63, 3.8) is 0 Å². The average Bonchev–Trinajstić information content (AvgIpc) is 2.65. The van der Waals surface area contributed by atoms with Crippen molar-refractivity contribution in [2.75, 3.05) is 6.61 Å². The van der Waals surface area contributed by atoms with E-state index < -0.39 is 23.2 Å². The standard InChI is InChI=1S/C9H15NO4/c1-4-14-10-7(11)5-6(8(12)13)9(5,2)3/h5-6H,4H2,1-3H3,(H,10,11)(H,12,13). The minimum atomic E-state index is -0.924. The van der Waals surface area contributed by atoms with Gasteiger partial charge in [-0.2, -0.15) is 0 Å². The summed E-state index contributed by atoms with van der Waals surface area (Å²) in [5.41, 5.74) is 1.77. The Balaban J connectivity index is 2.55. The number of hydroxylamine groups is 1. The number of hydrogen-bond donors (Lipinski definition) is 2. The normalized spacial score (nSPS) is 28.2. The topological polar surface area (TPSA) is 75.6 Å².